The van der Waals surface area contributed by atoms with Crippen LogP contribution < -0.4 is 0 Å². The zero-order valence-corrected chi connectivity index (χ0v) is 13.0. The third-order valence-corrected chi connectivity index (χ3v) is 4.13. The Kier molecular flexibility index (Phi) is 3.88. The van der Waals surface area contributed by atoms with Crippen molar-refractivity contribution in [2.75, 3.05) is 19.7 Å². The molecular formula is C18H16N4O2. The van der Waals surface area contributed by atoms with Gasteiger partial charge >= 0.3 is 0 Å². The van der Waals surface area contributed by atoms with Gasteiger partial charge in [0.05, 0.1) is 36.1 Å². The molecule has 0 spiro atoms. The van der Waals surface area contributed by atoms with Gasteiger partial charge in [-0.2, -0.15) is 0 Å². The Balaban J connectivity index is 1.62. The average molecular weight is 320 g/mol. The molecule has 3 aromatic rings. The van der Waals surface area contributed by atoms with E-state index in [1.54, 1.807) is 29.7 Å². The van der Waals surface area contributed by atoms with Crippen molar-refractivity contribution in [3.8, 4) is 0 Å². The number of ether oxygens (including phenoxy) is 1. The van der Waals surface area contributed by atoms with Crippen LogP contribution in [0.1, 0.15) is 22.2 Å². The van der Waals surface area contributed by atoms with Gasteiger partial charge in [0.25, 0.3) is 5.91 Å². The van der Waals surface area contributed by atoms with Crippen LogP contribution in [0.15, 0.2) is 55.1 Å². The number of benzene rings is 1. The SMILES string of the molecule is O=C(c1cccc2cccnc12)N1CCOC(c2cnccn2)C1. The summed E-state index contributed by atoms with van der Waals surface area (Å²) in [7, 11) is 0. The summed E-state index contributed by atoms with van der Waals surface area (Å²) in [6, 6.07) is 9.50. The maximum Gasteiger partial charge on any atom is 0.256 e. The highest BCUT2D eigenvalue weighted by atomic mass is 16.5. The second-order valence-electron chi connectivity index (χ2n) is 5.62. The molecule has 0 N–H and O–H groups in total. The summed E-state index contributed by atoms with van der Waals surface area (Å²) in [5, 5.41) is 0.960. The number of para-hydroxylation sites is 1. The molecule has 24 heavy (non-hydrogen) atoms. The molecule has 2 aromatic heterocycles. The van der Waals surface area contributed by atoms with Crippen LogP contribution in [0.3, 0.4) is 0 Å². The van der Waals surface area contributed by atoms with E-state index in [0.717, 1.165) is 16.6 Å². The fourth-order valence-electron chi connectivity index (χ4n) is 2.94. The van der Waals surface area contributed by atoms with Crippen molar-refractivity contribution in [2.24, 2.45) is 0 Å². The molecule has 1 saturated heterocycles. The molecule has 0 radical (unpaired) electrons. The van der Waals surface area contributed by atoms with Crippen LogP contribution in [0, 0.1) is 0 Å². The van der Waals surface area contributed by atoms with Gasteiger partial charge in [0.2, 0.25) is 0 Å². The minimum absolute atomic E-state index is 0.0310. The van der Waals surface area contributed by atoms with Crippen molar-refractivity contribution in [1.29, 1.82) is 0 Å². The topological polar surface area (TPSA) is 68.2 Å². The van der Waals surface area contributed by atoms with Gasteiger partial charge in [-0.15, -0.1) is 0 Å². The molecule has 0 saturated carbocycles. The van der Waals surface area contributed by atoms with Crippen molar-refractivity contribution >= 4 is 16.8 Å². The summed E-state index contributed by atoms with van der Waals surface area (Å²) >= 11 is 0. The van der Waals surface area contributed by atoms with E-state index in [2.05, 4.69) is 15.0 Å². The van der Waals surface area contributed by atoms with Gasteiger partial charge in [0, 0.05) is 30.5 Å². The predicted molar refractivity (Wildman–Crippen MR) is 88.4 cm³/mol. The molecule has 6 heteroatoms. The van der Waals surface area contributed by atoms with Crippen LogP contribution in [0.25, 0.3) is 10.9 Å². The molecule has 1 aliphatic rings. The van der Waals surface area contributed by atoms with E-state index in [4.69, 9.17) is 4.74 Å². The van der Waals surface area contributed by atoms with E-state index in [9.17, 15) is 4.79 Å². The number of hydrogen-bond donors (Lipinski definition) is 0. The highest BCUT2D eigenvalue weighted by Gasteiger charge is 2.28. The first-order chi connectivity index (χ1) is 11.8. The molecule has 4 rings (SSSR count). The van der Waals surface area contributed by atoms with Crippen molar-refractivity contribution in [1.82, 2.24) is 19.9 Å². The smallest absolute Gasteiger partial charge is 0.256 e. The Labute approximate surface area is 139 Å². The molecular weight excluding hydrogens is 304 g/mol. The minimum atomic E-state index is -0.251. The largest absolute Gasteiger partial charge is 0.368 e. The van der Waals surface area contributed by atoms with Gasteiger partial charge in [-0.05, 0) is 12.1 Å². The number of amides is 1. The Morgan fingerprint density at radius 1 is 1.12 bits per heavy atom. The number of nitrogens with zero attached hydrogens (tertiary/aromatic N) is 4. The maximum absolute atomic E-state index is 13.0. The van der Waals surface area contributed by atoms with Crippen molar-refractivity contribution < 1.29 is 9.53 Å². The Morgan fingerprint density at radius 2 is 2.04 bits per heavy atom. The lowest BCUT2D eigenvalue weighted by Crippen LogP contribution is -2.42. The number of aromatic nitrogens is 3. The standard InChI is InChI=1S/C18H16N4O2/c23-18(14-5-1-3-13-4-2-6-21-17(13)14)22-9-10-24-16(12-22)15-11-19-7-8-20-15/h1-8,11,16H,9-10,12H2. The van der Waals surface area contributed by atoms with Crippen molar-refractivity contribution in [2.45, 2.75) is 6.10 Å². The van der Waals surface area contributed by atoms with Crippen LogP contribution in [0.4, 0.5) is 0 Å². The molecule has 1 atom stereocenters. The summed E-state index contributed by atoms with van der Waals surface area (Å²) in [6.45, 7) is 1.49. The second-order valence-corrected chi connectivity index (χ2v) is 5.62. The Morgan fingerprint density at radius 3 is 2.92 bits per heavy atom. The highest BCUT2D eigenvalue weighted by molar-refractivity contribution is 6.05. The lowest BCUT2D eigenvalue weighted by molar-refractivity contribution is -0.0248. The number of morpholine rings is 1. The zero-order chi connectivity index (χ0) is 16.4. The molecule has 0 bridgehead atoms. The Hall–Kier alpha value is -2.86. The summed E-state index contributed by atoms with van der Waals surface area (Å²) < 4.78 is 5.76. The van der Waals surface area contributed by atoms with Crippen LogP contribution in [-0.4, -0.2) is 45.5 Å². The van der Waals surface area contributed by atoms with Gasteiger partial charge in [0.15, 0.2) is 0 Å². The minimum Gasteiger partial charge on any atom is -0.368 e. The lowest BCUT2D eigenvalue weighted by atomic mass is 10.1. The van der Waals surface area contributed by atoms with Gasteiger partial charge in [-0.25, -0.2) is 0 Å². The predicted octanol–water partition coefficient (Wildman–Crippen LogP) is 2.24. The van der Waals surface area contributed by atoms with Crippen LogP contribution >= 0.6 is 0 Å². The van der Waals surface area contributed by atoms with Gasteiger partial charge < -0.3 is 9.64 Å². The van der Waals surface area contributed by atoms with Gasteiger partial charge in [0.1, 0.15) is 6.10 Å². The van der Waals surface area contributed by atoms with E-state index in [-0.39, 0.29) is 12.0 Å². The first kappa shape index (κ1) is 14.7. The fourth-order valence-corrected chi connectivity index (χ4v) is 2.94. The number of carbonyl (C=O) groups is 1. The second kappa shape index (κ2) is 6.33. The number of fused-ring (bicyclic) bond motifs is 1. The quantitative estimate of drug-likeness (QED) is 0.724. The zero-order valence-electron chi connectivity index (χ0n) is 13.0. The highest BCUT2D eigenvalue weighted by Crippen LogP contribution is 2.23. The maximum atomic E-state index is 13.0. The first-order valence-corrected chi connectivity index (χ1v) is 7.83. The molecule has 6 nitrogen and oxygen atoms in total. The monoisotopic (exact) mass is 320 g/mol. The molecule has 1 amide bonds. The molecule has 1 unspecified atom stereocenters. The van der Waals surface area contributed by atoms with E-state index in [0.29, 0.717) is 25.3 Å². The normalized spacial score (nSPS) is 17.8. The molecule has 120 valence electrons. The summed E-state index contributed by atoms with van der Waals surface area (Å²) in [4.78, 5) is 27.5. The summed E-state index contributed by atoms with van der Waals surface area (Å²) in [5.41, 5.74) is 2.09. The summed E-state index contributed by atoms with van der Waals surface area (Å²) in [6.07, 6.45) is 6.39. The van der Waals surface area contributed by atoms with E-state index in [1.165, 1.54) is 0 Å². The molecule has 0 aliphatic carbocycles. The molecule has 1 aliphatic heterocycles. The third-order valence-electron chi connectivity index (χ3n) is 4.13. The van der Waals surface area contributed by atoms with Crippen LogP contribution in [-0.2, 0) is 4.74 Å². The number of carbonyl (C=O) groups excluding carboxylic acids is 1. The van der Waals surface area contributed by atoms with Crippen LogP contribution in [0.2, 0.25) is 0 Å². The number of pyridine rings is 1. The van der Waals surface area contributed by atoms with Crippen molar-refractivity contribution in [3.05, 3.63) is 66.4 Å². The third kappa shape index (κ3) is 2.72. The van der Waals surface area contributed by atoms with E-state index >= 15 is 0 Å². The summed E-state index contributed by atoms with van der Waals surface area (Å²) in [5.74, 6) is -0.0310. The van der Waals surface area contributed by atoms with Crippen molar-refractivity contribution in [3.63, 3.8) is 0 Å². The van der Waals surface area contributed by atoms with Gasteiger partial charge in [-0.1, -0.05) is 18.2 Å². The molecule has 1 fully saturated rings. The van der Waals surface area contributed by atoms with Gasteiger partial charge in [-0.3, -0.25) is 19.7 Å². The number of hydrogen-bond acceptors (Lipinski definition) is 5. The molecule has 3 heterocycles. The number of rotatable bonds is 2. The average Bonchev–Trinajstić information content (AvgIpc) is 2.68. The Bertz CT molecular complexity index is 864. The molecule has 1 aromatic carbocycles. The fraction of sp³-hybridized carbons (Fsp3) is 0.222. The lowest BCUT2D eigenvalue weighted by Gasteiger charge is -2.32. The first-order valence-electron chi connectivity index (χ1n) is 7.83. The van der Waals surface area contributed by atoms with E-state index in [1.807, 2.05) is 30.3 Å². The van der Waals surface area contributed by atoms with Crippen LogP contribution in [0.5, 0.6) is 0 Å². The van der Waals surface area contributed by atoms with E-state index < -0.39 is 0 Å².